The van der Waals surface area contributed by atoms with E-state index in [1.165, 1.54) is 12.2 Å². The largest absolute Gasteiger partial charge is 0.478 e. The normalized spacial score (nSPS) is 13.8. The zero-order chi connectivity index (χ0) is 10.3. The Morgan fingerprint density at radius 3 is 2.62 bits per heavy atom. The van der Waals surface area contributed by atoms with Crippen LogP contribution in [0.4, 0.5) is 0 Å². The molecule has 0 amide bonds. The highest BCUT2D eigenvalue weighted by atomic mass is 35.5. The van der Waals surface area contributed by atoms with Gasteiger partial charge in [0.25, 0.3) is 0 Å². The van der Waals surface area contributed by atoms with Gasteiger partial charge < -0.3 is 10.8 Å². The van der Waals surface area contributed by atoms with Crippen molar-refractivity contribution in [1.29, 1.82) is 0 Å². The lowest BCUT2D eigenvalue weighted by Crippen LogP contribution is -1.99. The number of carboxylic acids is 1. The third-order valence-electron chi connectivity index (χ3n) is 1.29. The van der Waals surface area contributed by atoms with Crippen LogP contribution in [-0.2, 0) is 4.79 Å². The topological polar surface area (TPSA) is 63.3 Å². The second-order valence-electron chi connectivity index (χ2n) is 2.19. The first-order valence-electron chi connectivity index (χ1n) is 3.75. The van der Waals surface area contributed by atoms with E-state index in [0.29, 0.717) is 6.54 Å². The summed E-state index contributed by atoms with van der Waals surface area (Å²) in [5, 5.41) is 8.85. The van der Waals surface area contributed by atoms with Gasteiger partial charge >= 0.3 is 5.97 Å². The van der Waals surface area contributed by atoms with Gasteiger partial charge in [0.2, 0.25) is 0 Å². The summed E-state index contributed by atoms with van der Waals surface area (Å²) in [4.78, 5) is 10.6. The quantitative estimate of drug-likeness (QED) is 0.537. The van der Waals surface area contributed by atoms with Crippen LogP contribution in [0.5, 0.6) is 0 Å². The molecule has 0 heterocycles. The Hall–Kier alpha value is -1.06. The van der Waals surface area contributed by atoms with Crippen molar-refractivity contribution < 1.29 is 9.90 Å². The summed E-state index contributed by atoms with van der Waals surface area (Å²) in [5.41, 5.74) is 5.28. The Bertz CT molecular complexity index is 267. The molecule has 4 heteroatoms. The first-order valence-corrected chi connectivity index (χ1v) is 4.13. The fourth-order valence-electron chi connectivity index (χ4n) is 0.684. The second-order valence-corrected chi connectivity index (χ2v) is 2.59. The number of carbonyl (C=O) groups is 1. The van der Waals surface area contributed by atoms with Crippen LogP contribution in [0.1, 0.15) is 6.92 Å². The van der Waals surface area contributed by atoms with Crippen LogP contribution in [-0.4, -0.2) is 17.6 Å². The van der Waals surface area contributed by atoms with Gasteiger partial charge in [-0.05, 0) is 13.0 Å². The minimum atomic E-state index is -1.04. The molecular formula is C9H12ClNO2. The van der Waals surface area contributed by atoms with E-state index in [2.05, 4.69) is 0 Å². The average molecular weight is 202 g/mol. The van der Waals surface area contributed by atoms with Gasteiger partial charge in [0.05, 0.1) is 10.6 Å². The van der Waals surface area contributed by atoms with E-state index in [-0.39, 0.29) is 10.6 Å². The number of rotatable bonds is 4. The van der Waals surface area contributed by atoms with Gasteiger partial charge in [-0.2, -0.15) is 0 Å². The van der Waals surface area contributed by atoms with Crippen LogP contribution in [0.25, 0.3) is 0 Å². The predicted molar refractivity (Wildman–Crippen MR) is 53.5 cm³/mol. The van der Waals surface area contributed by atoms with Gasteiger partial charge in [-0.15, -0.1) is 0 Å². The molecule has 72 valence electrons. The third kappa shape index (κ3) is 4.50. The molecule has 0 saturated carbocycles. The number of allylic oxidation sites excluding steroid dienone is 3. The Morgan fingerprint density at radius 2 is 2.23 bits per heavy atom. The lowest BCUT2D eigenvalue weighted by atomic mass is 10.2. The van der Waals surface area contributed by atoms with Crippen LogP contribution in [0.2, 0.25) is 0 Å². The molecule has 3 N–H and O–H groups in total. The minimum absolute atomic E-state index is 0.0864. The lowest BCUT2D eigenvalue weighted by Gasteiger charge is -1.96. The zero-order valence-electron chi connectivity index (χ0n) is 7.33. The van der Waals surface area contributed by atoms with Crippen molar-refractivity contribution in [3.63, 3.8) is 0 Å². The Kier molecular flexibility index (Phi) is 5.93. The van der Waals surface area contributed by atoms with E-state index in [1.807, 2.05) is 0 Å². The molecule has 0 unspecified atom stereocenters. The summed E-state index contributed by atoms with van der Waals surface area (Å²) in [7, 11) is 0. The average Bonchev–Trinajstić information content (AvgIpc) is 2.05. The Balaban J connectivity index is 4.56. The zero-order valence-corrected chi connectivity index (χ0v) is 8.08. The van der Waals surface area contributed by atoms with Gasteiger partial charge in [0.1, 0.15) is 0 Å². The van der Waals surface area contributed by atoms with E-state index in [1.54, 1.807) is 19.1 Å². The van der Waals surface area contributed by atoms with Crippen molar-refractivity contribution in [3.8, 4) is 0 Å². The summed E-state index contributed by atoms with van der Waals surface area (Å²) in [6.45, 7) is 2.02. The summed E-state index contributed by atoms with van der Waals surface area (Å²) >= 11 is 5.70. The van der Waals surface area contributed by atoms with Crippen molar-refractivity contribution in [2.75, 3.05) is 6.54 Å². The fraction of sp³-hybridized carbons (Fsp3) is 0.222. The highest BCUT2D eigenvalue weighted by Crippen LogP contribution is 2.14. The van der Waals surface area contributed by atoms with Crippen LogP contribution in [0, 0.1) is 0 Å². The highest BCUT2D eigenvalue weighted by molar-refractivity contribution is 6.35. The van der Waals surface area contributed by atoms with Crippen LogP contribution in [0.3, 0.4) is 0 Å². The molecular weight excluding hydrogens is 190 g/mol. The minimum Gasteiger partial charge on any atom is -0.478 e. The molecule has 0 fully saturated rings. The monoisotopic (exact) mass is 201 g/mol. The van der Waals surface area contributed by atoms with E-state index in [4.69, 9.17) is 22.4 Å². The van der Waals surface area contributed by atoms with Crippen LogP contribution in [0.15, 0.2) is 34.9 Å². The SMILES string of the molecule is C\C=C(C(=O)O)/C(Cl)=C\C=C\CN. The molecule has 0 rings (SSSR count). The van der Waals surface area contributed by atoms with Gasteiger partial charge in [-0.3, -0.25) is 0 Å². The number of carboxylic acid groups (broad SMARTS) is 1. The summed E-state index contributed by atoms with van der Waals surface area (Å²) in [5.74, 6) is -1.04. The molecule has 0 radical (unpaired) electrons. The molecule has 0 saturated heterocycles. The number of hydrogen-bond acceptors (Lipinski definition) is 2. The lowest BCUT2D eigenvalue weighted by molar-refractivity contribution is -0.132. The molecule has 0 bridgehead atoms. The van der Waals surface area contributed by atoms with Gasteiger partial charge in [0, 0.05) is 6.54 Å². The predicted octanol–water partition coefficient (Wildman–Crippen LogP) is 1.65. The molecule has 3 nitrogen and oxygen atoms in total. The first-order chi connectivity index (χ1) is 6.13. The molecule has 0 spiro atoms. The van der Waals surface area contributed by atoms with Crippen molar-refractivity contribution in [2.24, 2.45) is 5.73 Å². The standard InChI is InChI=1S/C9H12ClNO2/c1-2-7(9(12)13)8(10)5-3-4-6-11/h2-5H,6,11H2,1H3,(H,12,13)/b4-3+,7-2+,8-5+. The highest BCUT2D eigenvalue weighted by Gasteiger charge is 2.08. The molecule has 0 atom stereocenters. The van der Waals surface area contributed by atoms with E-state index < -0.39 is 5.97 Å². The van der Waals surface area contributed by atoms with Crippen molar-refractivity contribution in [2.45, 2.75) is 6.92 Å². The van der Waals surface area contributed by atoms with Crippen molar-refractivity contribution in [3.05, 3.63) is 34.9 Å². The van der Waals surface area contributed by atoms with E-state index in [0.717, 1.165) is 0 Å². The Labute approximate surface area is 82.2 Å². The van der Waals surface area contributed by atoms with Crippen molar-refractivity contribution in [1.82, 2.24) is 0 Å². The summed E-state index contributed by atoms with van der Waals surface area (Å²) in [6, 6.07) is 0. The maximum Gasteiger partial charge on any atom is 0.336 e. The van der Waals surface area contributed by atoms with E-state index >= 15 is 0 Å². The number of halogens is 1. The molecule has 0 aromatic carbocycles. The Morgan fingerprint density at radius 1 is 1.62 bits per heavy atom. The maximum absolute atomic E-state index is 10.6. The third-order valence-corrected chi connectivity index (χ3v) is 1.62. The molecule has 13 heavy (non-hydrogen) atoms. The van der Waals surface area contributed by atoms with Crippen molar-refractivity contribution >= 4 is 17.6 Å². The van der Waals surface area contributed by atoms with Gasteiger partial charge in [-0.25, -0.2) is 4.79 Å². The molecule has 0 aliphatic rings. The number of hydrogen-bond donors (Lipinski definition) is 2. The first kappa shape index (κ1) is 11.9. The fourth-order valence-corrected chi connectivity index (χ4v) is 0.947. The van der Waals surface area contributed by atoms with Crippen LogP contribution < -0.4 is 5.73 Å². The maximum atomic E-state index is 10.6. The molecule has 0 aromatic rings. The molecule has 0 aromatic heterocycles. The number of nitrogens with two attached hydrogens (primary N) is 1. The van der Waals surface area contributed by atoms with Gasteiger partial charge in [0.15, 0.2) is 0 Å². The van der Waals surface area contributed by atoms with Crippen LogP contribution >= 0.6 is 11.6 Å². The second kappa shape index (κ2) is 6.46. The molecule has 0 aliphatic heterocycles. The van der Waals surface area contributed by atoms with Gasteiger partial charge in [-0.1, -0.05) is 29.8 Å². The smallest absolute Gasteiger partial charge is 0.336 e. The summed E-state index contributed by atoms with van der Waals surface area (Å²) < 4.78 is 0. The number of aliphatic carboxylic acids is 1. The van der Waals surface area contributed by atoms with E-state index in [9.17, 15) is 4.79 Å². The molecule has 0 aliphatic carbocycles. The summed E-state index contributed by atoms with van der Waals surface area (Å²) in [6.07, 6.45) is 6.24.